The van der Waals surface area contributed by atoms with Crippen molar-refractivity contribution < 1.29 is 14.3 Å². The molecule has 11 rings (SSSR count). The number of H-pyrrole nitrogens is 1. The molecule has 0 saturated heterocycles. The molecule has 0 radical (unpaired) electrons. The van der Waals surface area contributed by atoms with Crippen LogP contribution >= 0.6 is 0 Å². The molecule has 0 spiro atoms. The van der Waals surface area contributed by atoms with Crippen LogP contribution in [0, 0.1) is 0 Å². The number of anilines is 1. The number of aromatic amines is 1. The molecule has 0 bridgehead atoms. The van der Waals surface area contributed by atoms with E-state index in [0.29, 0.717) is 17.7 Å². The van der Waals surface area contributed by atoms with Crippen LogP contribution in [-0.4, -0.2) is 10.8 Å². The van der Waals surface area contributed by atoms with E-state index in [-0.39, 0.29) is 5.78 Å². The van der Waals surface area contributed by atoms with Crippen molar-refractivity contribution in [3.05, 3.63) is 211 Å². The van der Waals surface area contributed by atoms with Crippen molar-refractivity contribution in [2.45, 2.75) is 6.42 Å². The molecular weight excluding hydrogens is 715 g/mol. The van der Waals surface area contributed by atoms with Crippen molar-refractivity contribution in [1.82, 2.24) is 4.98 Å². The van der Waals surface area contributed by atoms with Gasteiger partial charge in [0.05, 0.1) is 22.5 Å². The molecule has 8 aromatic carbocycles. The minimum atomic E-state index is 0.112. The van der Waals surface area contributed by atoms with E-state index in [0.717, 1.165) is 56.4 Å². The van der Waals surface area contributed by atoms with E-state index in [4.69, 9.17) is 15.3 Å². The van der Waals surface area contributed by atoms with E-state index < -0.39 is 0 Å². The molecule has 0 aliphatic carbocycles. The summed E-state index contributed by atoms with van der Waals surface area (Å²) in [5, 5.41) is 1.21. The van der Waals surface area contributed by atoms with Crippen LogP contribution in [0.15, 0.2) is 200 Å². The van der Waals surface area contributed by atoms with E-state index in [1.807, 2.05) is 115 Å². The van der Waals surface area contributed by atoms with E-state index in [1.165, 1.54) is 27.6 Å². The number of ketones is 1. The molecule has 0 unspecified atom stereocenters. The molecule has 9 aromatic rings. The van der Waals surface area contributed by atoms with Gasteiger partial charge >= 0.3 is 0 Å². The van der Waals surface area contributed by atoms with Crippen molar-refractivity contribution in [2.24, 2.45) is 5.84 Å². The highest BCUT2D eigenvalue weighted by Gasteiger charge is 2.25. The molecule has 6 heteroatoms. The fourth-order valence-electron chi connectivity index (χ4n) is 7.60. The van der Waals surface area contributed by atoms with Gasteiger partial charge in [0.2, 0.25) is 0 Å². The van der Waals surface area contributed by atoms with Gasteiger partial charge in [-0.25, -0.2) is 0 Å². The van der Waals surface area contributed by atoms with E-state index in [2.05, 4.69) is 95.3 Å². The molecule has 2 aliphatic heterocycles. The first kappa shape index (κ1) is 36.0. The molecule has 2 aliphatic rings. The van der Waals surface area contributed by atoms with Gasteiger partial charge in [-0.05, 0) is 53.6 Å². The maximum atomic E-state index is 12.0. The second-order valence-electron chi connectivity index (χ2n) is 13.9. The zero-order valence-corrected chi connectivity index (χ0v) is 31.6. The Labute approximate surface area is 337 Å². The van der Waals surface area contributed by atoms with Gasteiger partial charge in [0, 0.05) is 45.2 Å². The van der Waals surface area contributed by atoms with Crippen LogP contribution in [0.5, 0.6) is 23.0 Å². The van der Waals surface area contributed by atoms with Gasteiger partial charge < -0.3 is 19.9 Å². The summed E-state index contributed by atoms with van der Waals surface area (Å²) in [6.45, 7) is 0. The molecule has 0 saturated carbocycles. The lowest BCUT2D eigenvalue weighted by atomic mass is 9.96. The van der Waals surface area contributed by atoms with Crippen molar-refractivity contribution >= 4 is 22.4 Å². The summed E-state index contributed by atoms with van der Waals surface area (Å²) in [5.41, 5.74) is 15.6. The number of hydrogen-bond acceptors (Lipinski definition) is 5. The number of ether oxygens (including phenoxy) is 2. The Kier molecular flexibility index (Phi) is 10.1. The fraction of sp³-hybridized carbons (Fsp3) is 0.0192. The normalized spacial score (nSPS) is 11.8. The third kappa shape index (κ3) is 7.12. The van der Waals surface area contributed by atoms with Crippen LogP contribution < -0.4 is 20.7 Å². The number of hydrazine groups is 1. The number of carbonyl (C=O) groups is 1. The fourth-order valence-corrected chi connectivity index (χ4v) is 7.60. The summed E-state index contributed by atoms with van der Waals surface area (Å²) in [4.78, 5) is 15.7. The second kappa shape index (κ2) is 16.2. The standard InChI is InChI=1S/C26H17NO.C14H10O2.C12H12N2/c1-2-9-17(10-3-1)18-13-8-14-21-24-19-11-4-6-15-22(19)28-23-16-7-5-12-20(23)26(24)27-25(18)21;15-12-9-10-5-1-3-7-13(10)16-14-8-4-2-6-11(12)14;13-14-12-9-5-4-8-11(12)10-6-2-1-3-7-10/h1-16,27H;1-8H,9H2;1-9,14H,13H2. The van der Waals surface area contributed by atoms with Crippen molar-refractivity contribution in [2.75, 3.05) is 5.43 Å². The third-order valence-electron chi connectivity index (χ3n) is 10.3. The van der Waals surface area contributed by atoms with Gasteiger partial charge in [0.25, 0.3) is 0 Å². The molecule has 0 fully saturated rings. The van der Waals surface area contributed by atoms with Crippen molar-refractivity contribution in [3.8, 4) is 67.6 Å². The molecule has 280 valence electrons. The van der Waals surface area contributed by atoms with Gasteiger partial charge in [0.15, 0.2) is 5.78 Å². The van der Waals surface area contributed by atoms with Crippen LogP contribution in [0.2, 0.25) is 0 Å². The zero-order valence-electron chi connectivity index (χ0n) is 31.6. The number of benzene rings is 8. The molecule has 0 atom stereocenters. The maximum Gasteiger partial charge on any atom is 0.171 e. The molecule has 58 heavy (non-hydrogen) atoms. The van der Waals surface area contributed by atoms with Crippen molar-refractivity contribution in [3.63, 3.8) is 0 Å². The van der Waals surface area contributed by atoms with E-state index >= 15 is 0 Å². The largest absolute Gasteiger partial charge is 0.456 e. The minimum absolute atomic E-state index is 0.112. The average molecular weight is 754 g/mol. The van der Waals surface area contributed by atoms with Gasteiger partial charge in [-0.15, -0.1) is 0 Å². The predicted molar refractivity (Wildman–Crippen MR) is 235 cm³/mol. The lowest BCUT2D eigenvalue weighted by Gasteiger charge is -2.09. The van der Waals surface area contributed by atoms with Crippen LogP contribution in [0.3, 0.4) is 0 Å². The lowest BCUT2D eigenvalue weighted by Crippen LogP contribution is -2.07. The quantitative estimate of drug-likeness (QED) is 0.123. The highest BCUT2D eigenvalue weighted by molar-refractivity contribution is 6.10. The Hall–Kier alpha value is -7.67. The second-order valence-corrected chi connectivity index (χ2v) is 13.9. The Balaban J connectivity index is 0.000000123. The van der Waals surface area contributed by atoms with E-state index in [1.54, 1.807) is 0 Å². The molecule has 3 heterocycles. The number of hydrogen-bond donors (Lipinski definition) is 3. The number of carbonyl (C=O) groups excluding carboxylic acids is 1. The highest BCUT2D eigenvalue weighted by atomic mass is 16.5. The summed E-state index contributed by atoms with van der Waals surface area (Å²) < 4.78 is 12.0. The number of fused-ring (bicyclic) bond motifs is 9. The number of aromatic nitrogens is 1. The van der Waals surface area contributed by atoms with Gasteiger partial charge in [-0.1, -0.05) is 158 Å². The zero-order chi connectivity index (χ0) is 39.3. The topological polar surface area (TPSA) is 89.4 Å². The first-order valence-corrected chi connectivity index (χ1v) is 19.2. The first-order valence-electron chi connectivity index (χ1n) is 19.2. The molecular formula is C52H39N3O3. The first-order chi connectivity index (χ1) is 28.7. The summed E-state index contributed by atoms with van der Waals surface area (Å²) in [6.07, 6.45) is 0.410. The van der Waals surface area contributed by atoms with Crippen LogP contribution in [-0.2, 0) is 6.42 Å². The summed E-state index contributed by atoms with van der Waals surface area (Å²) in [7, 11) is 0. The summed E-state index contributed by atoms with van der Waals surface area (Å²) >= 11 is 0. The van der Waals surface area contributed by atoms with E-state index in [9.17, 15) is 4.79 Å². The van der Waals surface area contributed by atoms with Crippen LogP contribution in [0.4, 0.5) is 5.69 Å². The Morgan fingerprint density at radius 1 is 0.448 bits per heavy atom. The summed E-state index contributed by atoms with van der Waals surface area (Å²) in [6, 6.07) is 66.7. The molecule has 1 aromatic heterocycles. The monoisotopic (exact) mass is 753 g/mol. The predicted octanol–water partition coefficient (Wildman–Crippen LogP) is 13.1. The Morgan fingerprint density at radius 2 is 0.931 bits per heavy atom. The number of rotatable bonds is 3. The Morgan fingerprint density at radius 3 is 1.62 bits per heavy atom. The number of Topliss-reactive ketones (excluding diaryl/α,β-unsaturated/α-hetero) is 1. The smallest absolute Gasteiger partial charge is 0.171 e. The SMILES string of the molecule is NNc1ccccc1-c1ccccc1.O=C1Cc2ccccc2Oc2ccccc21.c1ccc(-c2cccc3c4c([nH]c23)-c2ccccc2Oc2ccccc2-4)cc1. The maximum absolute atomic E-state index is 12.0. The van der Waals surface area contributed by atoms with Gasteiger partial charge in [0.1, 0.15) is 23.0 Å². The molecule has 0 amide bonds. The number of nitrogens with two attached hydrogens (primary N) is 1. The molecule has 4 N–H and O–H groups in total. The van der Waals surface area contributed by atoms with Crippen molar-refractivity contribution in [1.29, 1.82) is 0 Å². The number of nitrogen functional groups attached to an aromatic ring is 1. The number of para-hydroxylation sites is 6. The third-order valence-corrected chi connectivity index (χ3v) is 10.3. The van der Waals surface area contributed by atoms with Crippen LogP contribution in [0.1, 0.15) is 15.9 Å². The molecule has 6 nitrogen and oxygen atoms in total. The summed E-state index contributed by atoms with van der Waals surface area (Å²) in [5.74, 6) is 8.74. The minimum Gasteiger partial charge on any atom is -0.456 e. The lowest BCUT2D eigenvalue weighted by molar-refractivity contribution is 0.0993. The van der Waals surface area contributed by atoms with Crippen LogP contribution in [0.25, 0.3) is 55.5 Å². The Bertz CT molecular complexity index is 2880. The van der Waals surface area contributed by atoms with Gasteiger partial charge in [-0.2, -0.15) is 0 Å². The number of nitrogens with one attached hydrogen (secondary N) is 2. The van der Waals surface area contributed by atoms with Gasteiger partial charge in [-0.3, -0.25) is 10.6 Å². The highest BCUT2D eigenvalue weighted by Crippen LogP contribution is 2.50. The average Bonchev–Trinajstić information content (AvgIpc) is 3.53.